The highest BCUT2D eigenvalue weighted by molar-refractivity contribution is 5.64. The van der Waals surface area contributed by atoms with Crippen LogP contribution in [0.5, 0.6) is 5.75 Å². The molecule has 4 heterocycles. The Morgan fingerprint density at radius 3 is 2.86 bits per heavy atom. The third kappa shape index (κ3) is 2.85. The van der Waals surface area contributed by atoms with Gasteiger partial charge in [0.2, 0.25) is 0 Å². The molecule has 2 aliphatic rings. The lowest BCUT2D eigenvalue weighted by Gasteiger charge is -2.20. The van der Waals surface area contributed by atoms with E-state index in [1.165, 1.54) is 18.5 Å². The van der Waals surface area contributed by atoms with Gasteiger partial charge in [-0.25, -0.2) is 4.98 Å². The number of fused-ring (bicyclic) bond motifs is 2. The van der Waals surface area contributed by atoms with Crippen molar-refractivity contribution in [3.05, 3.63) is 59.9 Å². The molecule has 5 rings (SSSR count). The predicted octanol–water partition coefficient (Wildman–Crippen LogP) is 3.30. The highest BCUT2D eigenvalue weighted by Gasteiger charge is 2.42. The van der Waals surface area contributed by atoms with E-state index in [2.05, 4.69) is 21.0 Å². The third-order valence-corrected chi connectivity index (χ3v) is 6.12. The zero-order valence-electron chi connectivity index (χ0n) is 16.1. The summed E-state index contributed by atoms with van der Waals surface area (Å²) in [5.74, 6) is 0.994. The summed E-state index contributed by atoms with van der Waals surface area (Å²) in [5, 5.41) is 8.35. The summed E-state index contributed by atoms with van der Waals surface area (Å²) in [6.45, 7) is 5.12. The van der Waals surface area contributed by atoms with Crippen LogP contribution in [0.1, 0.15) is 37.1 Å². The largest absolute Gasteiger partial charge is 0.482 e. The number of benzene rings is 1. The summed E-state index contributed by atoms with van der Waals surface area (Å²) in [6.07, 6.45) is 4.03. The van der Waals surface area contributed by atoms with Crippen LogP contribution < -0.4 is 15.8 Å². The Morgan fingerprint density at radius 2 is 2.07 bits per heavy atom. The first-order valence-electron chi connectivity index (χ1n) is 9.91. The maximum atomic E-state index is 6.13. The average molecular weight is 375 g/mol. The van der Waals surface area contributed by atoms with Gasteiger partial charge in [0.15, 0.2) is 11.6 Å². The minimum absolute atomic E-state index is 0.111. The van der Waals surface area contributed by atoms with Gasteiger partial charge in [-0.15, -0.1) is 0 Å². The van der Waals surface area contributed by atoms with Crippen molar-refractivity contribution in [3.8, 4) is 17.0 Å². The molecule has 0 radical (unpaired) electrons. The molecule has 6 heteroatoms. The highest BCUT2D eigenvalue weighted by atomic mass is 16.5. The molecular weight excluding hydrogens is 350 g/mol. The number of hydrogen-bond acceptors (Lipinski definition) is 5. The SMILES string of the molecule is C[C@H](Oc1cc(-c2cc3n(n2)CCC32CCNC2)cnc1N)c1ccccc1. The van der Waals surface area contributed by atoms with Crippen molar-refractivity contribution in [2.75, 3.05) is 18.8 Å². The molecule has 0 saturated carbocycles. The molecule has 2 aromatic heterocycles. The molecule has 1 saturated heterocycles. The molecule has 2 atom stereocenters. The van der Waals surface area contributed by atoms with Crippen molar-refractivity contribution in [3.63, 3.8) is 0 Å². The van der Waals surface area contributed by atoms with E-state index in [1.54, 1.807) is 6.20 Å². The summed E-state index contributed by atoms with van der Waals surface area (Å²) in [5.41, 5.74) is 10.6. The summed E-state index contributed by atoms with van der Waals surface area (Å²) < 4.78 is 8.29. The van der Waals surface area contributed by atoms with Crippen molar-refractivity contribution in [2.24, 2.45) is 0 Å². The number of nitrogen functional groups attached to an aromatic ring is 1. The molecule has 1 aromatic carbocycles. The number of aromatic nitrogens is 3. The van der Waals surface area contributed by atoms with E-state index in [0.29, 0.717) is 11.6 Å². The van der Waals surface area contributed by atoms with E-state index in [9.17, 15) is 0 Å². The lowest BCUT2D eigenvalue weighted by molar-refractivity contribution is 0.227. The van der Waals surface area contributed by atoms with Gasteiger partial charge >= 0.3 is 0 Å². The predicted molar refractivity (Wildman–Crippen MR) is 109 cm³/mol. The van der Waals surface area contributed by atoms with E-state index in [0.717, 1.165) is 36.5 Å². The third-order valence-electron chi connectivity index (χ3n) is 6.12. The second kappa shape index (κ2) is 6.63. The quantitative estimate of drug-likeness (QED) is 0.732. The normalized spacial score (nSPS) is 21.8. The number of hydrogen-bond donors (Lipinski definition) is 2. The lowest BCUT2D eigenvalue weighted by atomic mass is 9.82. The van der Waals surface area contributed by atoms with Crippen LogP contribution in [-0.4, -0.2) is 27.9 Å². The van der Waals surface area contributed by atoms with Crippen molar-refractivity contribution >= 4 is 5.82 Å². The molecule has 1 fully saturated rings. The van der Waals surface area contributed by atoms with E-state index < -0.39 is 0 Å². The van der Waals surface area contributed by atoms with Crippen LogP contribution in [0.2, 0.25) is 0 Å². The Morgan fingerprint density at radius 1 is 1.21 bits per heavy atom. The van der Waals surface area contributed by atoms with Crippen LogP contribution in [0.4, 0.5) is 5.82 Å². The molecule has 0 aliphatic carbocycles. The molecule has 0 amide bonds. The van der Waals surface area contributed by atoms with E-state index in [-0.39, 0.29) is 11.5 Å². The van der Waals surface area contributed by atoms with Crippen LogP contribution in [-0.2, 0) is 12.0 Å². The number of aryl methyl sites for hydroxylation is 1. The van der Waals surface area contributed by atoms with Crippen molar-refractivity contribution in [2.45, 2.75) is 37.8 Å². The first kappa shape index (κ1) is 17.3. The number of ether oxygens (including phenoxy) is 1. The molecule has 28 heavy (non-hydrogen) atoms. The Balaban J connectivity index is 1.44. The smallest absolute Gasteiger partial charge is 0.166 e. The van der Waals surface area contributed by atoms with Gasteiger partial charge in [0.1, 0.15) is 6.10 Å². The maximum absolute atomic E-state index is 6.13. The second-order valence-corrected chi connectivity index (χ2v) is 7.87. The minimum atomic E-state index is -0.111. The van der Waals surface area contributed by atoms with Gasteiger partial charge in [0.25, 0.3) is 0 Å². The zero-order chi connectivity index (χ0) is 19.1. The van der Waals surface area contributed by atoms with E-state index >= 15 is 0 Å². The fourth-order valence-electron chi connectivity index (χ4n) is 4.45. The fourth-order valence-corrected chi connectivity index (χ4v) is 4.45. The lowest BCUT2D eigenvalue weighted by Crippen LogP contribution is -2.25. The van der Waals surface area contributed by atoms with Crippen LogP contribution in [0.3, 0.4) is 0 Å². The minimum Gasteiger partial charge on any atom is -0.482 e. The summed E-state index contributed by atoms with van der Waals surface area (Å²) in [4.78, 5) is 4.37. The highest BCUT2D eigenvalue weighted by Crippen LogP contribution is 2.41. The Kier molecular flexibility index (Phi) is 4.09. The Hall–Kier alpha value is -2.86. The molecular formula is C22H25N5O. The number of rotatable bonds is 4. The van der Waals surface area contributed by atoms with Crippen LogP contribution in [0.25, 0.3) is 11.3 Å². The number of pyridine rings is 1. The summed E-state index contributed by atoms with van der Waals surface area (Å²) in [7, 11) is 0. The standard InChI is InChI=1S/C22H25N5O/c1-15(16-5-3-2-4-6-16)28-19-11-17(13-25-21(19)23)18-12-20-22(7-9-24-14-22)8-10-27(20)26-18/h2-6,11-13,15,24H,7-10,14H2,1H3,(H2,23,25)/t15-,22?/m0/s1. The van der Waals surface area contributed by atoms with E-state index in [4.69, 9.17) is 15.6 Å². The number of nitrogens with two attached hydrogens (primary N) is 1. The molecule has 2 aliphatic heterocycles. The Bertz CT molecular complexity index is 991. The van der Waals surface area contributed by atoms with Gasteiger partial charge < -0.3 is 15.8 Å². The van der Waals surface area contributed by atoms with Gasteiger partial charge in [-0.1, -0.05) is 30.3 Å². The molecule has 144 valence electrons. The number of nitrogens with one attached hydrogen (secondary N) is 1. The topological polar surface area (TPSA) is 78.0 Å². The number of anilines is 1. The molecule has 0 bridgehead atoms. The van der Waals surface area contributed by atoms with Crippen LogP contribution in [0.15, 0.2) is 48.7 Å². The van der Waals surface area contributed by atoms with Gasteiger partial charge in [0.05, 0.1) is 5.69 Å². The first-order chi connectivity index (χ1) is 13.6. The maximum Gasteiger partial charge on any atom is 0.166 e. The van der Waals surface area contributed by atoms with Crippen LogP contribution >= 0.6 is 0 Å². The van der Waals surface area contributed by atoms with Crippen LogP contribution in [0, 0.1) is 0 Å². The van der Waals surface area contributed by atoms with Gasteiger partial charge in [0, 0.05) is 36.0 Å². The number of nitrogens with zero attached hydrogens (tertiary/aromatic N) is 3. The van der Waals surface area contributed by atoms with Gasteiger partial charge in [-0.05, 0) is 44.0 Å². The molecule has 1 spiro atoms. The first-order valence-corrected chi connectivity index (χ1v) is 9.91. The molecule has 1 unspecified atom stereocenters. The van der Waals surface area contributed by atoms with Gasteiger partial charge in [-0.3, -0.25) is 4.68 Å². The zero-order valence-corrected chi connectivity index (χ0v) is 16.1. The average Bonchev–Trinajstić information content (AvgIpc) is 3.43. The van der Waals surface area contributed by atoms with Crippen molar-refractivity contribution < 1.29 is 4.74 Å². The molecule has 3 N–H and O–H groups in total. The monoisotopic (exact) mass is 375 g/mol. The van der Waals surface area contributed by atoms with Gasteiger partial charge in [-0.2, -0.15) is 5.10 Å². The summed E-state index contributed by atoms with van der Waals surface area (Å²) >= 11 is 0. The van der Waals surface area contributed by atoms with Crippen molar-refractivity contribution in [1.29, 1.82) is 0 Å². The van der Waals surface area contributed by atoms with Crippen molar-refractivity contribution in [1.82, 2.24) is 20.1 Å². The molecule has 3 aromatic rings. The fraction of sp³-hybridized carbons (Fsp3) is 0.364. The Labute approximate surface area is 164 Å². The summed E-state index contributed by atoms with van der Waals surface area (Å²) in [6, 6.07) is 14.3. The second-order valence-electron chi connectivity index (χ2n) is 7.87. The molecule has 6 nitrogen and oxygen atoms in total. The van der Waals surface area contributed by atoms with E-state index in [1.807, 2.05) is 43.3 Å².